The maximum atomic E-state index is 3.48. The Morgan fingerprint density at radius 2 is 1.73 bits per heavy atom. The predicted octanol–water partition coefficient (Wildman–Crippen LogP) is 2.89. The van der Waals surface area contributed by atoms with Crippen LogP contribution in [0.3, 0.4) is 0 Å². The average molecular weight is 214 g/mol. The third-order valence-corrected chi connectivity index (χ3v) is 2.84. The van der Waals surface area contributed by atoms with Crippen LogP contribution in [0, 0.1) is 0 Å². The van der Waals surface area contributed by atoms with Crippen LogP contribution in [-0.4, -0.2) is 36.6 Å². The number of likely N-dealkylation sites (N-methyl/N-ethyl adjacent to an activating group) is 1. The fourth-order valence-electron chi connectivity index (χ4n) is 1.89. The van der Waals surface area contributed by atoms with Gasteiger partial charge in [-0.15, -0.1) is 0 Å². The number of nitrogens with one attached hydrogen (secondary N) is 1. The lowest BCUT2D eigenvalue weighted by Gasteiger charge is -2.29. The molecule has 0 bridgehead atoms. The summed E-state index contributed by atoms with van der Waals surface area (Å²) in [5.74, 6) is 0. The third kappa shape index (κ3) is 7.80. The summed E-state index contributed by atoms with van der Waals surface area (Å²) in [6.07, 6.45) is 4.01. The van der Waals surface area contributed by atoms with Crippen LogP contribution in [0.5, 0.6) is 0 Å². The highest BCUT2D eigenvalue weighted by atomic mass is 15.2. The molecule has 0 aliphatic carbocycles. The van der Waals surface area contributed by atoms with Crippen molar-refractivity contribution in [1.82, 2.24) is 10.2 Å². The van der Waals surface area contributed by atoms with E-state index in [-0.39, 0.29) is 0 Å². The Bertz CT molecular complexity index is 134. The van der Waals surface area contributed by atoms with Gasteiger partial charge >= 0.3 is 0 Å². The Morgan fingerprint density at radius 1 is 1.07 bits per heavy atom. The second-order valence-electron chi connectivity index (χ2n) is 4.75. The lowest BCUT2D eigenvalue weighted by molar-refractivity contribution is 0.198. The summed E-state index contributed by atoms with van der Waals surface area (Å²) in [6.45, 7) is 14.8. The highest BCUT2D eigenvalue weighted by Crippen LogP contribution is 2.04. The lowest BCUT2D eigenvalue weighted by atomic mass is 10.2. The molecule has 92 valence electrons. The summed E-state index contributed by atoms with van der Waals surface area (Å²) in [5.41, 5.74) is 0. The van der Waals surface area contributed by atoms with E-state index in [2.05, 4.69) is 44.8 Å². The molecule has 0 radical (unpaired) electrons. The maximum Gasteiger partial charge on any atom is 0.0166 e. The zero-order valence-corrected chi connectivity index (χ0v) is 11.3. The van der Waals surface area contributed by atoms with Crippen molar-refractivity contribution in [2.24, 2.45) is 0 Å². The quantitative estimate of drug-likeness (QED) is 0.594. The van der Waals surface area contributed by atoms with E-state index in [1.165, 1.54) is 32.4 Å². The third-order valence-electron chi connectivity index (χ3n) is 2.84. The number of hydrogen-bond donors (Lipinski definition) is 1. The molecule has 1 N–H and O–H groups in total. The Morgan fingerprint density at radius 3 is 2.20 bits per heavy atom. The van der Waals surface area contributed by atoms with Gasteiger partial charge in [0.25, 0.3) is 0 Å². The summed E-state index contributed by atoms with van der Waals surface area (Å²) in [6, 6.07) is 1.28. The molecule has 0 saturated carbocycles. The molecule has 0 saturated heterocycles. The van der Waals surface area contributed by atoms with Crippen molar-refractivity contribution in [2.75, 3.05) is 19.6 Å². The molecular weight excluding hydrogens is 184 g/mol. The van der Waals surface area contributed by atoms with Crippen molar-refractivity contribution in [3.8, 4) is 0 Å². The SMILES string of the molecule is CCCCCN(CC(C)NCC)C(C)C. The lowest BCUT2D eigenvalue weighted by Crippen LogP contribution is -2.42. The van der Waals surface area contributed by atoms with E-state index in [1.807, 2.05) is 0 Å². The molecule has 0 spiro atoms. The molecular formula is C13H30N2. The van der Waals surface area contributed by atoms with Crippen molar-refractivity contribution in [1.29, 1.82) is 0 Å². The van der Waals surface area contributed by atoms with Crippen molar-refractivity contribution in [3.63, 3.8) is 0 Å². The summed E-state index contributed by atoms with van der Waals surface area (Å²) in [5, 5.41) is 3.48. The molecule has 0 rings (SSSR count). The van der Waals surface area contributed by atoms with Crippen molar-refractivity contribution < 1.29 is 0 Å². The van der Waals surface area contributed by atoms with Gasteiger partial charge in [0.05, 0.1) is 0 Å². The van der Waals surface area contributed by atoms with Crippen molar-refractivity contribution in [3.05, 3.63) is 0 Å². The Hall–Kier alpha value is -0.0800. The van der Waals surface area contributed by atoms with Gasteiger partial charge in [-0.2, -0.15) is 0 Å². The summed E-state index contributed by atoms with van der Waals surface area (Å²) in [4.78, 5) is 2.59. The van der Waals surface area contributed by atoms with Gasteiger partial charge in [-0.05, 0) is 40.3 Å². The molecule has 2 nitrogen and oxygen atoms in total. The smallest absolute Gasteiger partial charge is 0.0166 e. The van der Waals surface area contributed by atoms with E-state index in [0.717, 1.165) is 6.54 Å². The van der Waals surface area contributed by atoms with Crippen LogP contribution in [0.2, 0.25) is 0 Å². The molecule has 1 atom stereocenters. The van der Waals surface area contributed by atoms with Gasteiger partial charge in [0.1, 0.15) is 0 Å². The molecule has 0 amide bonds. The molecule has 15 heavy (non-hydrogen) atoms. The molecule has 1 unspecified atom stereocenters. The van der Waals surface area contributed by atoms with Crippen LogP contribution < -0.4 is 5.32 Å². The number of hydrogen-bond acceptors (Lipinski definition) is 2. The second-order valence-corrected chi connectivity index (χ2v) is 4.75. The van der Waals surface area contributed by atoms with Crippen molar-refractivity contribution >= 4 is 0 Å². The van der Waals surface area contributed by atoms with E-state index in [4.69, 9.17) is 0 Å². The first-order valence-electron chi connectivity index (χ1n) is 6.59. The first-order valence-corrected chi connectivity index (χ1v) is 6.59. The fraction of sp³-hybridized carbons (Fsp3) is 1.00. The largest absolute Gasteiger partial charge is 0.313 e. The monoisotopic (exact) mass is 214 g/mol. The molecule has 0 heterocycles. The summed E-state index contributed by atoms with van der Waals surface area (Å²) in [7, 11) is 0. The van der Waals surface area contributed by atoms with Gasteiger partial charge in [0.2, 0.25) is 0 Å². The normalized spacial score (nSPS) is 13.8. The predicted molar refractivity (Wildman–Crippen MR) is 69.4 cm³/mol. The van der Waals surface area contributed by atoms with Crippen LogP contribution in [0.25, 0.3) is 0 Å². The minimum Gasteiger partial charge on any atom is -0.313 e. The van der Waals surface area contributed by atoms with Crippen LogP contribution >= 0.6 is 0 Å². The molecule has 2 heteroatoms. The van der Waals surface area contributed by atoms with Crippen LogP contribution in [0.4, 0.5) is 0 Å². The van der Waals surface area contributed by atoms with E-state index < -0.39 is 0 Å². The molecule has 0 aromatic carbocycles. The highest BCUT2D eigenvalue weighted by Gasteiger charge is 2.11. The molecule has 0 aromatic rings. The minimum absolute atomic E-state index is 0.610. The summed E-state index contributed by atoms with van der Waals surface area (Å²) < 4.78 is 0. The van der Waals surface area contributed by atoms with Crippen molar-refractivity contribution in [2.45, 2.75) is 66.0 Å². The Labute approximate surface area is 96.4 Å². The van der Waals surface area contributed by atoms with Gasteiger partial charge in [0, 0.05) is 18.6 Å². The molecule has 0 fully saturated rings. The maximum absolute atomic E-state index is 3.48. The standard InChI is InChI=1S/C13H30N2/c1-6-8-9-10-15(12(3)4)11-13(5)14-7-2/h12-14H,6-11H2,1-5H3. The van der Waals surface area contributed by atoms with Gasteiger partial charge < -0.3 is 5.32 Å². The van der Waals surface area contributed by atoms with Gasteiger partial charge in [-0.3, -0.25) is 4.90 Å². The van der Waals surface area contributed by atoms with Crippen LogP contribution in [-0.2, 0) is 0 Å². The van der Waals surface area contributed by atoms with E-state index >= 15 is 0 Å². The number of unbranched alkanes of at least 4 members (excludes halogenated alkanes) is 2. The number of nitrogens with zero attached hydrogens (tertiary/aromatic N) is 1. The topological polar surface area (TPSA) is 15.3 Å². The molecule has 0 aliphatic rings. The first-order chi connectivity index (χ1) is 7.11. The average Bonchev–Trinajstić information content (AvgIpc) is 2.16. The van der Waals surface area contributed by atoms with Gasteiger partial charge in [-0.1, -0.05) is 26.7 Å². The second kappa shape index (κ2) is 9.17. The van der Waals surface area contributed by atoms with Crippen LogP contribution in [0.15, 0.2) is 0 Å². The zero-order valence-electron chi connectivity index (χ0n) is 11.3. The zero-order chi connectivity index (χ0) is 11.7. The minimum atomic E-state index is 0.610. The Balaban J connectivity index is 3.82. The molecule has 0 aromatic heterocycles. The first kappa shape index (κ1) is 14.9. The number of rotatable bonds is 9. The molecule has 0 aliphatic heterocycles. The van der Waals surface area contributed by atoms with Crippen LogP contribution in [0.1, 0.15) is 53.9 Å². The Kier molecular flexibility index (Phi) is 9.12. The van der Waals surface area contributed by atoms with E-state index in [9.17, 15) is 0 Å². The van der Waals surface area contributed by atoms with E-state index in [1.54, 1.807) is 0 Å². The van der Waals surface area contributed by atoms with E-state index in [0.29, 0.717) is 12.1 Å². The highest BCUT2D eigenvalue weighted by molar-refractivity contribution is 4.70. The van der Waals surface area contributed by atoms with Gasteiger partial charge in [-0.25, -0.2) is 0 Å². The summed E-state index contributed by atoms with van der Waals surface area (Å²) >= 11 is 0. The van der Waals surface area contributed by atoms with Gasteiger partial charge in [0.15, 0.2) is 0 Å². The fourth-order valence-corrected chi connectivity index (χ4v) is 1.89.